The minimum atomic E-state index is -3.57. The van der Waals surface area contributed by atoms with Crippen LogP contribution < -0.4 is 10.1 Å². The van der Waals surface area contributed by atoms with Crippen LogP contribution in [0.3, 0.4) is 0 Å². The van der Waals surface area contributed by atoms with E-state index in [4.69, 9.17) is 4.74 Å². The minimum Gasteiger partial charge on any atom is -0.497 e. The van der Waals surface area contributed by atoms with Crippen LogP contribution in [0.15, 0.2) is 29.2 Å². The molecule has 2 aliphatic heterocycles. The second kappa shape index (κ2) is 6.93. The lowest BCUT2D eigenvalue weighted by Gasteiger charge is -2.48. The summed E-state index contributed by atoms with van der Waals surface area (Å²) in [4.78, 5) is 14.2. The topological polar surface area (TPSA) is 79.0 Å². The summed E-state index contributed by atoms with van der Waals surface area (Å²) < 4.78 is 32.8. The Kier molecular flexibility index (Phi) is 5.04. The number of likely N-dealkylation sites (N-methyl/N-ethyl adjacent to an activating group) is 1. The molecule has 1 N–H and O–H groups in total. The fraction of sp³-hybridized carbons (Fsp3) is 0.588. The normalized spacial score (nSPS) is 26.2. The van der Waals surface area contributed by atoms with Gasteiger partial charge in [-0.25, -0.2) is 8.42 Å². The van der Waals surface area contributed by atoms with Crippen molar-refractivity contribution in [2.45, 2.75) is 29.7 Å². The molecule has 2 heterocycles. The number of hydrogen-bond donors (Lipinski definition) is 1. The summed E-state index contributed by atoms with van der Waals surface area (Å²) >= 11 is 0. The van der Waals surface area contributed by atoms with E-state index in [0.29, 0.717) is 44.8 Å². The van der Waals surface area contributed by atoms with Crippen LogP contribution in [0.1, 0.15) is 19.3 Å². The minimum absolute atomic E-state index is 0.0420. The molecule has 1 aromatic rings. The Morgan fingerprint density at radius 1 is 1.16 bits per heavy atom. The molecule has 1 aromatic carbocycles. The van der Waals surface area contributed by atoms with Gasteiger partial charge >= 0.3 is 0 Å². The van der Waals surface area contributed by atoms with Gasteiger partial charge in [0.15, 0.2) is 0 Å². The summed E-state index contributed by atoms with van der Waals surface area (Å²) in [7, 11) is 0.00623. The van der Waals surface area contributed by atoms with Gasteiger partial charge in [-0.05, 0) is 44.2 Å². The van der Waals surface area contributed by atoms with Crippen LogP contribution in [0.4, 0.5) is 0 Å². The molecule has 138 valence electrons. The predicted octanol–water partition coefficient (Wildman–Crippen LogP) is 0.670. The molecule has 2 aliphatic rings. The number of nitrogens with one attached hydrogen (secondary N) is 1. The molecule has 0 aliphatic carbocycles. The van der Waals surface area contributed by atoms with Gasteiger partial charge in [0.1, 0.15) is 5.75 Å². The van der Waals surface area contributed by atoms with E-state index in [0.717, 1.165) is 6.42 Å². The first-order valence-corrected chi connectivity index (χ1v) is 9.94. The highest BCUT2D eigenvalue weighted by atomic mass is 32.2. The predicted molar refractivity (Wildman–Crippen MR) is 94.0 cm³/mol. The Labute approximate surface area is 149 Å². The first-order valence-electron chi connectivity index (χ1n) is 8.50. The monoisotopic (exact) mass is 367 g/mol. The van der Waals surface area contributed by atoms with Gasteiger partial charge in [0.05, 0.1) is 12.0 Å². The first-order chi connectivity index (χ1) is 11.9. The van der Waals surface area contributed by atoms with E-state index in [1.807, 2.05) is 7.05 Å². The van der Waals surface area contributed by atoms with Crippen LogP contribution in [0.5, 0.6) is 5.75 Å². The lowest BCUT2D eigenvalue weighted by molar-refractivity contribution is -0.121. The third-order valence-corrected chi connectivity index (χ3v) is 7.25. The van der Waals surface area contributed by atoms with E-state index < -0.39 is 10.0 Å². The largest absolute Gasteiger partial charge is 0.497 e. The van der Waals surface area contributed by atoms with E-state index in [9.17, 15) is 13.2 Å². The van der Waals surface area contributed by atoms with E-state index in [-0.39, 0.29) is 16.3 Å². The third-order valence-electron chi connectivity index (χ3n) is 5.39. The molecule has 2 fully saturated rings. The highest BCUT2D eigenvalue weighted by Gasteiger charge is 2.44. The number of carbonyl (C=O) groups is 1. The van der Waals surface area contributed by atoms with Gasteiger partial charge in [0, 0.05) is 38.1 Å². The summed E-state index contributed by atoms with van der Waals surface area (Å²) in [6.45, 7) is 2.10. The molecule has 0 unspecified atom stereocenters. The van der Waals surface area contributed by atoms with Gasteiger partial charge in [-0.15, -0.1) is 0 Å². The SMILES string of the molecule is COc1ccc(S(=O)(=O)N2CCN(C)[C@@]3(CCNC(=O)CC3)C2)cc1. The molecule has 0 radical (unpaired) electrons. The second-order valence-corrected chi connectivity index (χ2v) is 8.70. The molecular formula is C17H25N3O4S. The van der Waals surface area contributed by atoms with Crippen molar-refractivity contribution in [3.05, 3.63) is 24.3 Å². The molecule has 1 spiro atoms. The van der Waals surface area contributed by atoms with Crippen molar-refractivity contribution in [1.29, 1.82) is 0 Å². The van der Waals surface area contributed by atoms with Crippen molar-refractivity contribution in [3.8, 4) is 5.75 Å². The smallest absolute Gasteiger partial charge is 0.243 e. The van der Waals surface area contributed by atoms with Crippen LogP contribution in [0, 0.1) is 0 Å². The van der Waals surface area contributed by atoms with Crippen molar-refractivity contribution in [3.63, 3.8) is 0 Å². The Morgan fingerprint density at radius 3 is 2.56 bits per heavy atom. The number of hydrogen-bond acceptors (Lipinski definition) is 5. The Morgan fingerprint density at radius 2 is 1.88 bits per heavy atom. The summed E-state index contributed by atoms with van der Waals surface area (Å²) in [5, 5.41) is 2.89. The van der Waals surface area contributed by atoms with Crippen LogP contribution in [-0.2, 0) is 14.8 Å². The van der Waals surface area contributed by atoms with Crippen molar-refractivity contribution in [1.82, 2.24) is 14.5 Å². The number of methoxy groups -OCH3 is 1. The Bertz CT molecular complexity index is 735. The van der Waals surface area contributed by atoms with Crippen molar-refractivity contribution >= 4 is 15.9 Å². The van der Waals surface area contributed by atoms with Gasteiger partial charge in [-0.2, -0.15) is 4.31 Å². The zero-order chi connectivity index (χ0) is 18.1. The van der Waals surface area contributed by atoms with Crippen molar-refractivity contribution in [2.24, 2.45) is 0 Å². The molecule has 1 amide bonds. The number of nitrogens with zero attached hydrogens (tertiary/aromatic N) is 2. The van der Waals surface area contributed by atoms with E-state index in [1.54, 1.807) is 35.7 Å². The number of sulfonamides is 1. The summed E-state index contributed by atoms with van der Waals surface area (Å²) in [6.07, 6.45) is 1.86. The third kappa shape index (κ3) is 3.51. The zero-order valence-electron chi connectivity index (χ0n) is 14.7. The van der Waals surface area contributed by atoms with E-state index in [1.165, 1.54) is 0 Å². The molecule has 25 heavy (non-hydrogen) atoms. The van der Waals surface area contributed by atoms with E-state index >= 15 is 0 Å². The molecule has 1 atom stereocenters. The summed E-state index contributed by atoms with van der Waals surface area (Å²) in [6, 6.07) is 6.48. The molecule has 2 saturated heterocycles. The lowest BCUT2D eigenvalue weighted by atomic mass is 9.87. The standard InChI is InChI=1S/C17H25N3O4S/c1-19-11-12-20(13-17(19)8-7-16(21)18-10-9-17)25(22,23)15-5-3-14(24-2)4-6-15/h3-6H,7-13H2,1-2H3,(H,18,21)/t17-/m0/s1. The summed E-state index contributed by atoms with van der Waals surface area (Å²) in [5.74, 6) is 0.669. The fourth-order valence-corrected chi connectivity index (χ4v) is 5.17. The molecule has 8 heteroatoms. The number of amides is 1. The second-order valence-electron chi connectivity index (χ2n) is 6.76. The fourth-order valence-electron chi connectivity index (χ4n) is 3.66. The maximum atomic E-state index is 13.1. The first kappa shape index (κ1) is 18.2. The van der Waals surface area contributed by atoms with Gasteiger partial charge in [-0.1, -0.05) is 0 Å². The maximum absolute atomic E-state index is 13.1. The van der Waals surface area contributed by atoms with Gasteiger partial charge in [0.25, 0.3) is 0 Å². The molecule has 0 saturated carbocycles. The Balaban J connectivity index is 1.85. The average Bonchev–Trinajstić information content (AvgIpc) is 2.80. The quantitative estimate of drug-likeness (QED) is 0.850. The molecule has 0 bridgehead atoms. The number of piperazine rings is 1. The Hall–Kier alpha value is -1.64. The number of carbonyl (C=O) groups excluding carboxylic acids is 1. The van der Waals surface area contributed by atoms with E-state index in [2.05, 4.69) is 10.2 Å². The van der Waals surface area contributed by atoms with Crippen LogP contribution in [-0.4, -0.2) is 69.4 Å². The number of rotatable bonds is 3. The highest BCUT2D eigenvalue weighted by Crippen LogP contribution is 2.33. The van der Waals surface area contributed by atoms with Crippen LogP contribution in [0.2, 0.25) is 0 Å². The lowest BCUT2D eigenvalue weighted by Crippen LogP contribution is -2.62. The van der Waals surface area contributed by atoms with Gasteiger partial charge in [-0.3, -0.25) is 9.69 Å². The van der Waals surface area contributed by atoms with Crippen LogP contribution in [0.25, 0.3) is 0 Å². The van der Waals surface area contributed by atoms with Crippen molar-refractivity contribution < 1.29 is 17.9 Å². The molecule has 3 rings (SSSR count). The van der Waals surface area contributed by atoms with Gasteiger partial charge < -0.3 is 10.1 Å². The number of benzene rings is 1. The zero-order valence-corrected chi connectivity index (χ0v) is 15.5. The maximum Gasteiger partial charge on any atom is 0.243 e. The van der Waals surface area contributed by atoms with Gasteiger partial charge in [0.2, 0.25) is 15.9 Å². The van der Waals surface area contributed by atoms with Crippen LogP contribution >= 0.6 is 0 Å². The number of ether oxygens (including phenoxy) is 1. The average molecular weight is 367 g/mol. The highest BCUT2D eigenvalue weighted by molar-refractivity contribution is 7.89. The van der Waals surface area contributed by atoms with Crippen molar-refractivity contribution in [2.75, 3.05) is 40.3 Å². The molecule has 0 aromatic heterocycles. The molecular weight excluding hydrogens is 342 g/mol. The molecule has 7 nitrogen and oxygen atoms in total. The summed E-state index contributed by atoms with van der Waals surface area (Å²) in [5.41, 5.74) is -0.295.